The second kappa shape index (κ2) is 5.73. The summed E-state index contributed by atoms with van der Waals surface area (Å²) in [5.74, 6) is -0.665. The molecule has 1 aliphatic heterocycles. The maximum Gasteiger partial charge on any atom is 0.223 e. The Morgan fingerprint density at radius 2 is 1.73 bits per heavy atom. The molecule has 1 saturated heterocycles. The van der Waals surface area contributed by atoms with E-state index in [1.54, 1.807) is 6.92 Å². The molecule has 2 N–H and O–H groups in total. The van der Waals surface area contributed by atoms with Crippen LogP contribution in [0, 0.1) is 5.92 Å². The maximum absolute atomic E-state index is 11.8. The van der Waals surface area contributed by atoms with E-state index in [4.69, 9.17) is 5.73 Å². The van der Waals surface area contributed by atoms with Crippen LogP contribution >= 0.6 is 0 Å². The number of carbonyl (C=O) groups excluding carboxylic acids is 2. The Kier molecular flexibility index (Phi) is 4.59. The number of carbonyl (C=O) groups is 2. The highest BCUT2D eigenvalue weighted by Crippen LogP contribution is 2.12. The van der Waals surface area contributed by atoms with E-state index in [-0.39, 0.29) is 18.2 Å². The molecule has 1 unspecified atom stereocenters. The van der Waals surface area contributed by atoms with Gasteiger partial charge in [-0.25, -0.2) is 0 Å². The third-order valence-corrected chi connectivity index (χ3v) is 2.93. The number of nitrogens with two attached hydrogens (primary N) is 1. The Morgan fingerprint density at radius 1 is 1.20 bits per heavy atom. The summed E-state index contributed by atoms with van der Waals surface area (Å²) < 4.78 is 0. The van der Waals surface area contributed by atoms with Gasteiger partial charge in [0.2, 0.25) is 11.8 Å². The van der Waals surface area contributed by atoms with E-state index in [9.17, 15) is 9.59 Å². The van der Waals surface area contributed by atoms with E-state index in [1.165, 1.54) is 12.8 Å². The summed E-state index contributed by atoms with van der Waals surface area (Å²) in [7, 11) is 0. The number of hydrogen-bond acceptors (Lipinski definition) is 2. The lowest BCUT2D eigenvalue weighted by molar-refractivity contribution is -0.135. The second-order valence-electron chi connectivity index (χ2n) is 4.30. The van der Waals surface area contributed by atoms with Crippen LogP contribution < -0.4 is 5.73 Å². The van der Waals surface area contributed by atoms with Gasteiger partial charge in [-0.1, -0.05) is 19.8 Å². The van der Waals surface area contributed by atoms with E-state index < -0.39 is 5.91 Å². The van der Waals surface area contributed by atoms with Crippen LogP contribution in [0.2, 0.25) is 0 Å². The molecule has 0 spiro atoms. The Balaban J connectivity index is 2.41. The molecule has 0 aromatic carbocycles. The summed E-state index contributed by atoms with van der Waals surface area (Å²) in [4.78, 5) is 24.5. The highest BCUT2D eigenvalue weighted by Gasteiger charge is 2.20. The van der Waals surface area contributed by atoms with Gasteiger partial charge in [-0.3, -0.25) is 9.59 Å². The van der Waals surface area contributed by atoms with Crippen LogP contribution in [0.3, 0.4) is 0 Å². The van der Waals surface area contributed by atoms with Crippen molar-refractivity contribution < 1.29 is 9.59 Å². The van der Waals surface area contributed by atoms with Crippen LogP contribution in [0.4, 0.5) is 0 Å². The van der Waals surface area contributed by atoms with Gasteiger partial charge in [-0.15, -0.1) is 0 Å². The van der Waals surface area contributed by atoms with Gasteiger partial charge in [0, 0.05) is 25.4 Å². The maximum atomic E-state index is 11.8. The Hall–Kier alpha value is -1.06. The van der Waals surface area contributed by atoms with Gasteiger partial charge in [-0.2, -0.15) is 0 Å². The fourth-order valence-corrected chi connectivity index (χ4v) is 1.81. The molecule has 1 atom stereocenters. The first-order chi connectivity index (χ1) is 7.11. The summed E-state index contributed by atoms with van der Waals surface area (Å²) in [5, 5.41) is 0. The average Bonchev–Trinajstić information content (AvgIpc) is 2.45. The third-order valence-electron chi connectivity index (χ3n) is 2.93. The normalized spacial score (nSPS) is 19.4. The molecule has 1 heterocycles. The molecule has 0 saturated carbocycles. The van der Waals surface area contributed by atoms with E-state index in [2.05, 4.69) is 0 Å². The minimum absolute atomic E-state index is 0.0724. The van der Waals surface area contributed by atoms with Crippen LogP contribution in [-0.2, 0) is 9.59 Å². The van der Waals surface area contributed by atoms with Crippen molar-refractivity contribution in [1.82, 2.24) is 4.90 Å². The third kappa shape index (κ3) is 3.90. The number of primary amides is 1. The molecular formula is C11H20N2O2. The number of hydrogen-bond donors (Lipinski definition) is 1. The van der Waals surface area contributed by atoms with Gasteiger partial charge < -0.3 is 10.6 Å². The van der Waals surface area contributed by atoms with Crippen LogP contribution in [0.1, 0.15) is 39.0 Å². The molecule has 0 aliphatic carbocycles. The highest BCUT2D eigenvalue weighted by molar-refractivity contribution is 5.84. The van der Waals surface area contributed by atoms with Crippen LogP contribution in [-0.4, -0.2) is 29.8 Å². The minimum atomic E-state index is -0.391. The molecule has 86 valence electrons. The summed E-state index contributed by atoms with van der Waals surface area (Å²) in [6.45, 7) is 3.38. The molecule has 1 rings (SSSR count). The first kappa shape index (κ1) is 12.0. The van der Waals surface area contributed by atoms with Crippen LogP contribution in [0.25, 0.3) is 0 Å². The van der Waals surface area contributed by atoms with Gasteiger partial charge >= 0.3 is 0 Å². The van der Waals surface area contributed by atoms with Crippen molar-refractivity contribution in [2.75, 3.05) is 13.1 Å². The highest BCUT2D eigenvalue weighted by atomic mass is 16.2. The smallest absolute Gasteiger partial charge is 0.223 e. The largest absolute Gasteiger partial charge is 0.369 e. The van der Waals surface area contributed by atoms with E-state index in [1.807, 2.05) is 4.90 Å². The molecule has 0 aromatic rings. The van der Waals surface area contributed by atoms with Crippen molar-refractivity contribution in [3.05, 3.63) is 0 Å². The number of rotatable bonds is 3. The molecule has 4 heteroatoms. The minimum Gasteiger partial charge on any atom is -0.369 e. The topological polar surface area (TPSA) is 63.4 Å². The molecule has 0 bridgehead atoms. The molecule has 15 heavy (non-hydrogen) atoms. The van der Waals surface area contributed by atoms with Crippen LogP contribution in [0.15, 0.2) is 0 Å². The predicted octanol–water partition coefficient (Wildman–Crippen LogP) is 0.901. The van der Waals surface area contributed by atoms with Crippen molar-refractivity contribution in [3.8, 4) is 0 Å². The molecule has 0 aromatic heterocycles. The first-order valence-corrected chi connectivity index (χ1v) is 5.68. The Morgan fingerprint density at radius 3 is 2.20 bits per heavy atom. The molecule has 2 amide bonds. The summed E-state index contributed by atoms with van der Waals surface area (Å²) in [6, 6.07) is 0. The van der Waals surface area contributed by atoms with Gasteiger partial charge in [0.1, 0.15) is 0 Å². The first-order valence-electron chi connectivity index (χ1n) is 5.68. The monoisotopic (exact) mass is 212 g/mol. The van der Waals surface area contributed by atoms with Crippen LogP contribution in [0.5, 0.6) is 0 Å². The summed E-state index contributed by atoms with van der Waals surface area (Å²) >= 11 is 0. The zero-order valence-electron chi connectivity index (χ0n) is 9.37. The van der Waals surface area contributed by atoms with Crippen molar-refractivity contribution in [3.63, 3.8) is 0 Å². The van der Waals surface area contributed by atoms with Gasteiger partial charge in [0.15, 0.2) is 0 Å². The summed E-state index contributed by atoms with van der Waals surface area (Å²) in [6.07, 6.45) is 4.83. The van der Waals surface area contributed by atoms with Gasteiger partial charge in [0.25, 0.3) is 0 Å². The number of amides is 2. The standard InChI is InChI=1S/C11H20N2O2/c1-9(11(12)15)8-10(14)13-6-4-2-3-5-7-13/h9H,2-8H2,1H3,(H2,12,15). The lowest BCUT2D eigenvalue weighted by atomic mass is 10.1. The molecule has 0 radical (unpaired) electrons. The zero-order valence-corrected chi connectivity index (χ0v) is 9.37. The molecule has 1 fully saturated rings. The molecular weight excluding hydrogens is 192 g/mol. The SMILES string of the molecule is CC(CC(=O)N1CCCCCC1)C(N)=O. The van der Waals surface area contributed by atoms with Gasteiger partial charge in [0.05, 0.1) is 0 Å². The lowest BCUT2D eigenvalue weighted by Gasteiger charge is -2.21. The van der Waals surface area contributed by atoms with Crippen molar-refractivity contribution >= 4 is 11.8 Å². The lowest BCUT2D eigenvalue weighted by Crippen LogP contribution is -2.35. The quantitative estimate of drug-likeness (QED) is 0.755. The van der Waals surface area contributed by atoms with E-state index in [0.29, 0.717) is 0 Å². The fraction of sp³-hybridized carbons (Fsp3) is 0.818. The van der Waals surface area contributed by atoms with Crippen molar-refractivity contribution in [2.24, 2.45) is 11.7 Å². The van der Waals surface area contributed by atoms with Crippen molar-refractivity contribution in [1.29, 1.82) is 0 Å². The van der Waals surface area contributed by atoms with Gasteiger partial charge in [-0.05, 0) is 12.8 Å². The number of likely N-dealkylation sites (tertiary alicyclic amines) is 1. The average molecular weight is 212 g/mol. The van der Waals surface area contributed by atoms with E-state index in [0.717, 1.165) is 25.9 Å². The van der Waals surface area contributed by atoms with E-state index >= 15 is 0 Å². The molecule has 1 aliphatic rings. The van der Waals surface area contributed by atoms with Crippen molar-refractivity contribution in [2.45, 2.75) is 39.0 Å². The fourth-order valence-electron chi connectivity index (χ4n) is 1.81. The Labute approximate surface area is 90.8 Å². The summed E-state index contributed by atoms with van der Waals surface area (Å²) in [5.41, 5.74) is 5.13. The zero-order chi connectivity index (χ0) is 11.3. The molecule has 4 nitrogen and oxygen atoms in total. The predicted molar refractivity (Wildman–Crippen MR) is 58.0 cm³/mol. The Bertz CT molecular complexity index is 233. The second-order valence-corrected chi connectivity index (χ2v) is 4.30. The number of nitrogens with zero attached hydrogens (tertiary/aromatic N) is 1.